The van der Waals surface area contributed by atoms with Crippen molar-refractivity contribution < 1.29 is 28.2 Å². The van der Waals surface area contributed by atoms with Crippen molar-refractivity contribution in [3.05, 3.63) is 23.8 Å². The number of methoxy groups -OCH3 is 2. The average Bonchev–Trinajstić information content (AvgIpc) is 2.45. The predicted octanol–water partition coefficient (Wildman–Crippen LogP) is 1.79. The summed E-state index contributed by atoms with van der Waals surface area (Å²) >= 11 is 0. The fourth-order valence-corrected chi connectivity index (χ4v) is 1.46. The SMILES string of the molecule is CCOC(=O)C(F)C(=O)c1ccc(OC)c(OC)c1. The van der Waals surface area contributed by atoms with E-state index in [1.165, 1.54) is 39.3 Å². The molecular weight excluding hydrogens is 255 g/mol. The molecule has 0 heterocycles. The van der Waals surface area contributed by atoms with Gasteiger partial charge in [0.2, 0.25) is 5.78 Å². The molecule has 6 heteroatoms. The molecule has 1 aromatic carbocycles. The Morgan fingerprint density at radius 2 is 1.84 bits per heavy atom. The summed E-state index contributed by atoms with van der Waals surface area (Å²) in [6, 6.07) is 4.13. The molecular formula is C13H15FO5. The highest BCUT2D eigenvalue weighted by Crippen LogP contribution is 2.28. The van der Waals surface area contributed by atoms with Crippen molar-refractivity contribution in [1.82, 2.24) is 0 Å². The number of ketones is 1. The lowest BCUT2D eigenvalue weighted by Gasteiger charge is -2.10. The third kappa shape index (κ3) is 3.43. The quantitative estimate of drug-likeness (QED) is 0.448. The summed E-state index contributed by atoms with van der Waals surface area (Å²) in [5.41, 5.74) is 0.0122. The van der Waals surface area contributed by atoms with Crippen LogP contribution in [0.15, 0.2) is 18.2 Å². The molecule has 1 atom stereocenters. The van der Waals surface area contributed by atoms with Crippen LogP contribution in [0.1, 0.15) is 17.3 Å². The molecule has 0 aliphatic carbocycles. The zero-order chi connectivity index (χ0) is 14.4. The first-order chi connectivity index (χ1) is 9.04. The molecule has 1 unspecified atom stereocenters. The van der Waals surface area contributed by atoms with E-state index in [-0.39, 0.29) is 17.9 Å². The fourth-order valence-electron chi connectivity index (χ4n) is 1.46. The number of hydrogen-bond acceptors (Lipinski definition) is 5. The molecule has 0 fully saturated rings. The van der Waals surface area contributed by atoms with E-state index in [0.29, 0.717) is 5.75 Å². The first-order valence-electron chi connectivity index (χ1n) is 5.62. The van der Waals surface area contributed by atoms with Crippen molar-refractivity contribution >= 4 is 11.8 Å². The number of rotatable bonds is 6. The molecule has 0 N–H and O–H groups in total. The van der Waals surface area contributed by atoms with Crippen molar-refractivity contribution in [2.24, 2.45) is 0 Å². The minimum Gasteiger partial charge on any atom is -0.493 e. The highest BCUT2D eigenvalue weighted by molar-refractivity contribution is 6.11. The minimum atomic E-state index is -2.34. The van der Waals surface area contributed by atoms with Crippen LogP contribution in [-0.2, 0) is 9.53 Å². The molecule has 1 rings (SSSR count). The molecule has 0 radical (unpaired) electrons. The van der Waals surface area contributed by atoms with Gasteiger partial charge in [-0.1, -0.05) is 0 Å². The monoisotopic (exact) mass is 270 g/mol. The van der Waals surface area contributed by atoms with Gasteiger partial charge in [-0.05, 0) is 25.1 Å². The number of benzene rings is 1. The number of ether oxygens (including phenoxy) is 3. The van der Waals surface area contributed by atoms with Gasteiger partial charge < -0.3 is 14.2 Å². The van der Waals surface area contributed by atoms with Crippen LogP contribution < -0.4 is 9.47 Å². The first kappa shape index (κ1) is 14.9. The van der Waals surface area contributed by atoms with Crippen molar-refractivity contribution in [1.29, 1.82) is 0 Å². The predicted molar refractivity (Wildman–Crippen MR) is 65.4 cm³/mol. The van der Waals surface area contributed by atoms with Gasteiger partial charge in [0.1, 0.15) is 0 Å². The second-order valence-electron chi connectivity index (χ2n) is 3.55. The maximum absolute atomic E-state index is 13.6. The van der Waals surface area contributed by atoms with Gasteiger partial charge in [-0.3, -0.25) is 4.79 Å². The summed E-state index contributed by atoms with van der Waals surface area (Å²) in [6.07, 6.45) is -2.34. The van der Waals surface area contributed by atoms with E-state index in [1.54, 1.807) is 0 Å². The Hall–Kier alpha value is -2.11. The van der Waals surface area contributed by atoms with Crippen molar-refractivity contribution in [3.8, 4) is 11.5 Å². The Bertz CT molecular complexity index is 472. The molecule has 19 heavy (non-hydrogen) atoms. The van der Waals surface area contributed by atoms with Gasteiger partial charge in [0.05, 0.1) is 20.8 Å². The van der Waals surface area contributed by atoms with Crippen LogP contribution in [0.25, 0.3) is 0 Å². The van der Waals surface area contributed by atoms with Gasteiger partial charge in [-0.2, -0.15) is 0 Å². The molecule has 0 saturated carbocycles. The van der Waals surface area contributed by atoms with Crippen LogP contribution in [-0.4, -0.2) is 38.8 Å². The molecule has 5 nitrogen and oxygen atoms in total. The molecule has 0 aliphatic rings. The molecule has 0 amide bonds. The summed E-state index contributed by atoms with van der Waals surface area (Å²) in [6.45, 7) is 1.55. The summed E-state index contributed by atoms with van der Waals surface area (Å²) in [7, 11) is 2.83. The van der Waals surface area contributed by atoms with Gasteiger partial charge in [-0.25, -0.2) is 9.18 Å². The van der Waals surface area contributed by atoms with E-state index in [2.05, 4.69) is 4.74 Å². The summed E-state index contributed by atoms with van der Waals surface area (Å²) in [5.74, 6) is -1.48. The number of carbonyl (C=O) groups excluding carboxylic acids is 2. The molecule has 0 bridgehead atoms. The zero-order valence-electron chi connectivity index (χ0n) is 10.9. The van der Waals surface area contributed by atoms with E-state index < -0.39 is 17.9 Å². The van der Waals surface area contributed by atoms with Gasteiger partial charge in [0.15, 0.2) is 11.5 Å². The normalized spacial score (nSPS) is 11.6. The number of carbonyl (C=O) groups is 2. The zero-order valence-corrected chi connectivity index (χ0v) is 10.9. The number of hydrogen-bond donors (Lipinski definition) is 0. The van der Waals surface area contributed by atoms with E-state index in [1.807, 2.05) is 0 Å². The van der Waals surface area contributed by atoms with Crippen LogP contribution in [0.3, 0.4) is 0 Å². The topological polar surface area (TPSA) is 61.8 Å². The van der Waals surface area contributed by atoms with Crippen LogP contribution in [0.5, 0.6) is 11.5 Å². The Morgan fingerprint density at radius 1 is 1.21 bits per heavy atom. The van der Waals surface area contributed by atoms with E-state index >= 15 is 0 Å². The third-order valence-electron chi connectivity index (χ3n) is 2.39. The second-order valence-corrected chi connectivity index (χ2v) is 3.55. The number of Topliss-reactive ketones (excluding diaryl/α,β-unsaturated/α-hetero) is 1. The third-order valence-corrected chi connectivity index (χ3v) is 2.39. The Kier molecular flexibility index (Phi) is 5.29. The lowest BCUT2D eigenvalue weighted by atomic mass is 10.1. The first-order valence-corrected chi connectivity index (χ1v) is 5.62. The lowest BCUT2D eigenvalue weighted by molar-refractivity contribution is -0.147. The summed E-state index contributed by atoms with van der Waals surface area (Å²) < 4.78 is 28.0. The van der Waals surface area contributed by atoms with Crippen molar-refractivity contribution in [2.45, 2.75) is 13.1 Å². The average molecular weight is 270 g/mol. The molecule has 0 saturated heterocycles. The maximum Gasteiger partial charge on any atom is 0.348 e. The fraction of sp³-hybridized carbons (Fsp3) is 0.385. The summed E-state index contributed by atoms with van der Waals surface area (Å²) in [5, 5.41) is 0. The van der Waals surface area contributed by atoms with Crippen molar-refractivity contribution in [2.75, 3.05) is 20.8 Å². The Morgan fingerprint density at radius 3 is 2.37 bits per heavy atom. The van der Waals surface area contributed by atoms with Gasteiger partial charge >= 0.3 is 5.97 Å². The smallest absolute Gasteiger partial charge is 0.348 e. The number of halogens is 1. The minimum absolute atomic E-state index is 0.0122. The Labute approximate surface area is 110 Å². The van der Waals surface area contributed by atoms with Gasteiger partial charge in [0.25, 0.3) is 6.17 Å². The van der Waals surface area contributed by atoms with Crippen LogP contribution in [0.2, 0.25) is 0 Å². The summed E-state index contributed by atoms with van der Waals surface area (Å²) in [4.78, 5) is 22.9. The van der Waals surface area contributed by atoms with Crippen LogP contribution >= 0.6 is 0 Å². The standard InChI is InChI=1S/C13H15FO5/c1-4-19-13(16)11(14)12(15)8-5-6-9(17-2)10(7-8)18-3/h5-7,11H,4H2,1-3H3. The van der Waals surface area contributed by atoms with E-state index in [0.717, 1.165) is 0 Å². The van der Waals surface area contributed by atoms with Crippen LogP contribution in [0.4, 0.5) is 4.39 Å². The second kappa shape index (κ2) is 6.72. The van der Waals surface area contributed by atoms with Gasteiger partial charge in [0, 0.05) is 5.56 Å². The molecule has 0 aromatic heterocycles. The van der Waals surface area contributed by atoms with Gasteiger partial charge in [-0.15, -0.1) is 0 Å². The molecule has 1 aromatic rings. The van der Waals surface area contributed by atoms with E-state index in [4.69, 9.17) is 9.47 Å². The largest absolute Gasteiger partial charge is 0.493 e. The molecule has 104 valence electrons. The molecule has 0 aliphatic heterocycles. The molecule has 0 spiro atoms. The number of esters is 1. The van der Waals surface area contributed by atoms with Crippen LogP contribution in [0, 0.1) is 0 Å². The Balaban J connectivity index is 2.97. The lowest BCUT2D eigenvalue weighted by Crippen LogP contribution is -2.27. The van der Waals surface area contributed by atoms with Crippen molar-refractivity contribution in [3.63, 3.8) is 0 Å². The van der Waals surface area contributed by atoms with E-state index in [9.17, 15) is 14.0 Å². The maximum atomic E-state index is 13.6. The highest BCUT2D eigenvalue weighted by Gasteiger charge is 2.29. The highest BCUT2D eigenvalue weighted by atomic mass is 19.1. The number of alkyl halides is 1.